The second kappa shape index (κ2) is 8.57. The van der Waals surface area contributed by atoms with Crippen LogP contribution in [0.2, 0.25) is 0 Å². The van der Waals surface area contributed by atoms with Crippen molar-refractivity contribution in [1.29, 1.82) is 0 Å². The summed E-state index contributed by atoms with van der Waals surface area (Å²) in [7, 11) is 2.71. The lowest BCUT2D eigenvalue weighted by atomic mass is 10.2. The van der Waals surface area contributed by atoms with Crippen molar-refractivity contribution in [2.45, 2.75) is 25.1 Å². The van der Waals surface area contributed by atoms with E-state index in [1.165, 1.54) is 0 Å². The number of sulfone groups is 1. The van der Waals surface area contributed by atoms with Crippen LogP contribution in [0.1, 0.15) is 19.4 Å². The monoisotopic (exact) mass is 480 g/mol. The van der Waals surface area contributed by atoms with Gasteiger partial charge in [-0.2, -0.15) is 0 Å². The van der Waals surface area contributed by atoms with Crippen molar-refractivity contribution in [2.24, 2.45) is 4.99 Å². The van der Waals surface area contributed by atoms with E-state index in [-0.39, 0.29) is 29.7 Å². The van der Waals surface area contributed by atoms with Crippen LogP contribution >= 0.6 is 24.0 Å². The lowest BCUT2D eigenvalue weighted by Crippen LogP contribution is -2.57. The van der Waals surface area contributed by atoms with Gasteiger partial charge in [0.15, 0.2) is 15.8 Å². The number of anilines is 1. The van der Waals surface area contributed by atoms with Gasteiger partial charge >= 0.3 is 0 Å². The number of aliphatic imine (C=N–C) groups is 1. The Morgan fingerprint density at radius 2 is 2.04 bits per heavy atom. The highest BCUT2D eigenvalue weighted by Crippen LogP contribution is 2.23. The molecule has 0 spiro atoms. The fourth-order valence-corrected chi connectivity index (χ4v) is 4.15. The molecule has 0 bridgehead atoms. The first-order chi connectivity index (χ1) is 11.2. The molecule has 0 aliphatic carbocycles. The molecule has 1 saturated heterocycles. The highest BCUT2D eigenvalue weighted by atomic mass is 127. The Bertz CT molecular complexity index is 717. The highest BCUT2D eigenvalue weighted by molar-refractivity contribution is 14.0. The number of rotatable bonds is 3. The van der Waals surface area contributed by atoms with Crippen molar-refractivity contribution >= 4 is 45.5 Å². The van der Waals surface area contributed by atoms with E-state index in [4.69, 9.17) is 0 Å². The van der Waals surface area contributed by atoms with Crippen molar-refractivity contribution in [3.63, 3.8) is 0 Å². The van der Waals surface area contributed by atoms with Gasteiger partial charge in [0, 0.05) is 46.5 Å². The quantitative estimate of drug-likeness (QED) is 0.407. The largest absolute Gasteiger partial charge is 0.378 e. The molecule has 142 valence electrons. The standard InChI is InChI=1S/C17H28N4O2S.HI/c1-17(2)13-21(9-10-24(17,22)23)16(18-3)19-12-14-7-6-8-15(11-14)20(4)5;/h6-8,11H,9-10,12-13H2,1-5H3,(H,18,19);1H. The van der Waals surface area contributed by atoms with Crippen molar-refractivity contribution in [1.82, 2.24) is 10.2 Å². The number of hydrogen-bond acceptors (Lipinski definition) is 4. The minimum atomic E-state index is -3.05. The minimum Gasteiger partial charge on any atom is -0.378 e. The van der Waals surface area contributed by atoms with Gasteiger partial charge in [0.2, 0.25) is 0 Å². The molecule has 1 aliphatic rings. The zero-order chi connectivity index (χ0) is 18.0. The summed E-state index contributed by atoms with van der Waals surface area (Å²) >= 11 is 0. The smallest absolute Gasteiger partial charge is 0.193 e. The van der Waals surface area contributed by atoms with Gasteiger partial charge in [0.05, 0.1) is 10.5 Å². The van der Waals surface area contributed by atoms with E-state index in [0.29, 0.717) is 19.6 Å². The number of nitrogens with one attached hydrogen (secondary N) is 1. The molecule has 0 aromatic heterocycles. The van der Waals surface area contributed by atoms with E-state index in [9.17, 15) is 8.42 Å². The molecule has 0 radical (unpaired) electrons. The van der Waals surface area contributed by atoms with E-state index in [1.807, 2.05) is 25.1 Å². The van der Waals surface area contributed by atoms with Gasteiger partial charge in [0.25, 0.3) is 0 Å². The molecule has 1 heterocycles. The Hall–Kier alpha value is -1.03. The van der Waals surface area contributed by atoms with Gasteiger partial charge in [-0.25, -0.2) is 8.42 Å². The van der Waals surface area contributed by atoms with E-state index < -0.39 is 14.6 Å². The molecule has 0 saturated carbocycles. The summed E-state index contributed by atoms with van der Waals surface area (Å²) < 4.78 is 23.5. The summed E-state index contributed by atoms with van der Waals surface area (Å²) in [4.78, 5) is 8.41. The Balaban J connectivity index is 0.00000312. The van der Waals surface area contributed by atoms with Gasteiger partial charge in [-0.1, -0.05) is 12.1 Å². The maximum absolute atomic E-state index is 12.1. The maximum Gasteiger partial charge on any atom is 0.193 e. The Labute approximate surface area is 168 Å². The third-order valence-electron chi connectivity index (χ3n) is 4.43. The zero-order valence-corrected chi connectivity index (χ0v) is 18.8. The molecule has 6 nitrogen and oxygen atoms in total. The predicted molar refractivity (Wildman–Crippen MR) is 116 cm³/mol. The van der Waals surface area contributed by atoms with Crippen LogP contribution in [0, 0.1) is 0 Å². The Morgan fingerprint density at radius 1 is 1.36 bits per heavy atom. The molecule has 1 aromatic carbocycles. The summed E-state index contributed by atoms with van der Waals surface area (Å²) in [6, 6.07) is 8.30. The molecule has 1 fully saturated rings. The second-order valence-corrected chi connectivity index (χ2v) is 9.71. The first-order valence-electron chi connectivity index (χ1n) is 8.10. The summed E-state index contributed by atoms with van der Waals surface area (Å²) in [6.07, 6.45) is 0. The molecule has 25 heavy (non-hydrogen) atoms. The van der Waals surface area contributed by atoms with Crippen molar-refractivity contribution in [3.8, 4) is 0 Å². The predicted octanol–water partition coefficient (Wildman–Crippen LogP) is 1.95. The van der Waals surface area contributed by atoms with Gasteiger partial charge in [-0.15, -0.1) is 24.0 Å². The van der Waals surface area contributed by atoms with E-state index in [1.54, 1.807) is 20.9 Å². The van der Waals surface area contributed by atoms with Crippen LogP contribution in [-0.4, -0.2) is 64.0 Å². The molecular formula is C17H29IN4O2S. The van der Waals surface area contributed by atoms with E-state index >= 15 is 0 Å². The number of benzene rings is 1. The molecule has 0 atom stereocenters. The Morgan fingerprint density at radius 3 is 2.60 bits per heavy atom. The molecule has 8 heteroatoms. The molecule has 0 amide bonds. The topological polar surface area (TPSA) is 65.0 Å². The van der Waals surface area contributed by atoms with Crippen molar-refractivity contribution < 1.29 is 8.42 Å². The fourth-order valence-electron chi connectivity index (χ4n) is 2.78. The van der Waals surface area contributed by atoms with E-state index in [0.717, 1.165) is 17.2 Å². The van der Waals surface area contributed by atoms with Crippen LogP contribution in [0.5, 0.6) is 0 Å². The number of nitrogens with zero attached hydrogens (tertiary/aromatic N) is 3. The average Bonchev–Trinajstić information content (AvgIpc) is 2.51. The molecule has 2 rings (SSSR count). The third-order valence-corrected chi connectivity index (χ3v) is 6.97. The van der Waals surface area contributed by atoms with Crippen LogP contribution in [0.15, 0.2) is 29.3 Å². The van der Waals surface area contributed by atoms with Crippen molar-refractivity contribution in [2.75, 3.05) is 44.9 Å². The molecule has 1 aromatic rings. The van der Waals surface area contributed by atoms with Gasteiger partial charge in [-0.3, -0.25) is 4.99 Å². The fraction of sp³-hybridized carbons (Fsp3) is 0.588. The number of halogens is 1. The minimum absolute atomic E-state index is 0. The summed E-state index contributed by atoms with van der Waals surface area (Å²) in [5.41, 5.74) is 2.31. The highest BCUT2D eigenvalue weighted by Gasteiger charge is 2.40. The number of hydrogen-bond donors (Lipinski definition) is 1. The molecule has 0 unspecified atom stereocenters. The van der Waals surface area contributed by atoms with Crippen LogP contribution in [0.25, 0.3) is 0 Å². The first kappa shape index (κ1) is 22.0. The maximum atomic E-state index is 12.1. The van der Waals surface area contributed by atoms with Gasteiger partial charge in [-0.05, 0) is 31.5 Å². The molecular weight excluding hydrogens is 451 g/mol. The molecule has 1 aliphatic heterocycles. The van der Waals surface area contributed by atoms with Gasteiger partial charge in [0.1, 0.15) is 0 Å². The SMILES string of the molecule is CN=C(NCc1cccc(N(C)C)c1)N1CCS(=O)(=O)C(C)(C)C1.I. The first-order valence-corrected chi connectivity index (χ1v) is 9.76. The van der Waals surface area contributed by atoms with E-state index in [2.05, 4.69) is 33.4 Å². The van der Waals surface area contributed by atoms with Crippen molar-refractivity contribution in [3.05, 3.63) is 29.8 Å². The summed E-state index contributed by atoms with van der Waals surface area (Å²) in [5, 5.41) is 3.35. The molecule has 1 N–H and O–H groups in total. The third kappa shape index (κ3) is 5.22. The summed E-state index contributed by atoms with van der Waals surface area (Å²) in [6.45, 7) is 5.14. The van der Waals surface area contributed by atoms with Crippen LogP contribution in [-0.2, 0) is 16.4 Å². The lowest BCUT2D eigenvalue weighted by molar-refractivity contribution is 0.353. The van der Waals surface area contributed by atoms with Gasteiger partial charge < -0.3 is 15.1 Å². The number of guanidine groups is 1. The zero-order valence-electron chi connectivity index (χ0n) is 15.6. The van der Waals surface area contributed by atoms with Crippen LogP contribution < -0.4 is 10.2 Å². The average molecular weight is 480 g/mol. The normalized spacial score (nSPS) is 19.1. The second-order valence-electron chi connectivity index (χ2n) is 6.97. The van der Waals surface area contributed by atoms with Crippen LogP contribution in [0.4, 0.5) is 5.69 Å². The Kier molecular flexibility index (Phi) is 7.54. The lowest BCUT2D eigenvalue weighted by Gasteiger charge is -2.39. The van der Waals surface area contributed by atoms with Crippen LogP contribution in [0.3, 0.4) is 0 Å². The summed E-state index contributed by atoms with van der Waals surface area (Å²) in [5.74, 6) is 0.907.